The Hall–Kier alpha value is -0.560. The van der Waals surface area contributed by atoms with Crippen molar-refractivity contribution in [3.63, 3.8) is 0 Å². The molecule has 0 heterocycles. The van der Waals surface area contributed by atoms with Crippen molar-refractivity contribution in [3.05, 3.63) is 46.5 Å². The average molecular weight is 223 g/mol. The maximum Gasteiger partial charge on any atom is 0.0213 e. The molecule has 1 unspecified atom stereocenters. The van der Waals surface area contributed by atoms with E-state index in [-0.39, 0.29) is 0 Å². The molecule has 0 N–H and O–H groups in total. The fraction of sp³-hybridized carbons (Fsp3) is 0.273. The molecule has 0 aromatic heterocycles. The van der Waals surface area contributed by atoms with Gasteiger partial charge in [-0.25, -0.2) is 0 Å². The topological polar surface area (TPSA) is 0 Å². The Balaban J connectivity index is 2.33. The summed E-state index contributed by atoms with van der Waals surface area (Å²) in [5.41, 5.74) is 1.42. The molecule has 0 aliphatic heterocycles. The van der Waals surface area contributed by atoms with Crippen LogP contribution < -0.4 is 0 Å². The highest BCUT2D eigenvalue weighted by Crippen LogP contribution is 2.32. The van der Waals surface area contributed by atoms with Crippen LogP contribution in [0.1, 0.15) is 24.3 Å². The lowest BCUT2D eigenvalue weighted by atomic mass is 9.99. The zero-order chi connectivity index (χ0) is 8.39. The lowest BCUT2D eigenvalue weighted by molar-refractivity contribution is 0.797. The molecule has 0 fully saturated rings. The van der Waals surface area contributed by atoms with Crippen LogP contribution in [0.2, 0.25) is 0 Å². The van der Waals surface area contributed by atoms with Crippen LogP contribution in [-0.2, 0) is 0 Å². The number of hydrogen-bond donors (Lipinski definition) is 0. The van der Waals surface area contributed by atoms with Crippen LogP contribution in [0.5, 0.6) is 0 Å². The van der Waals surface area contributed by atoms with Gasteiger partial charge in [0.2, 0.25) is 0 Å². The number of benzene rings is 1. The summed E-state index contributed by atoms with van der Waals surface area (Å²) >= 11 is 3.57. The zero-order valence-electron chi connectivity index (χ0n) is 6.83. The predicted molar refractivity (Wildman–Crippen MR) is 55.3 cm³/mol. The van der Waals surface area contributed by atoms with Gasteiger partial charge in [0.15, 0.2) is 0 Å². The van der Waals surface area contributed by atoms with Crippen molar-refractivity contribution in [2.75, 3.05) is 0 Å². The SMILES string of the molecule is Brc1ccccc1C1C=CCC1. The van der Waals surface area contributed by atoms with Crippen molar-refractivity contribution in [1.29, 1.82) is 0 Å². The van der Waals surface area contributed by atoms with Crippen molar-refractivity contribution < 1.29 is 0 Å². The van der Waals surface area contributed by atoms with Crippen molar-refractivity contribution in [2.45, 2.75) is 18.8 Å². The first-order valence-electron chi connectivity index (χ1n) is 4.29. The summed E-state index contributed by atoms with van der Waals surface area (Å²) in [5, 5.41) is 0. The lowest BCUT2D eigenvalue weighted by Gasteiger charge is -2.09. The Morgan fingerprint density at radius 1 is 1.25 bits per heavy atom. The number of hydrogen-bond acceptors (Lipinski definition) is 0. The Morgan fingerprint density at radius 2 is 2.08 bits per heavy atom. The van der Waals surface area contributed by atoms with Crippen LogP contribution in [-0.4, -0.2) is 0 Å². The third kappa shape index (κ3) is 1.46. The summed E-state index contributed by atoms with van der Waals surface area (Å²) in [6.07, 6.45) is 7.07. The molecule has 0 radical (unpaired) electrons. The van der Waals surface area contributed by atoms with Crippen molar-refractivity contribution >= 4 is 15.9 Å². The summed E-state index contributed by atoms with van der Waals surface area (Å²) in [5.74, 6) is 0.639. The van der Waals surface area contributed by atoms with Crippen molar-refractivity contribution in [1.82, 2.24) is 0 Å². The summed E-state index contributed by atoms with van der Waals surface area (Å²) in [7, 11) is 0. The van der Waals surface area contributed by atoms with Gasteiger partial charge in [-0.3, -0.25) is 0 Å². The van der Waals surface area contributed by atoms with E-state index in [1.54, 1.807) is 0 Å². The van der Waals surface area contributed by atoms with Crippen LogP contribution in [0.3, 0.4) is 0 Å². The summed E-state index contributed by atoms with van der Waals surface area (Å²) in [6.45, 7) is 0. The van der Waals surface area contributed by atoms with Gasteiger partial charge in [0.05, 0.1) is 0 Å². The second-order valence-electron chi connectivity index (χ2n) is 3.13. The molecule has 0 amide bonds. The molecule has 0 saturated heterocycles. The second-order valence-corrected chi connectivity index (χ2v) is 3.99. The molecular formula is C11H11Br. The van der Waals surface area contributed by atoms with Crippen LogP contribution >= 0.6 is 15.9 Å². The summed E-state index contributed by atoms with van der Waals surface area (Å²) < 4.78 is 1.24. The van der Waals surface area contributed by atoms with E-state index in [1.807, 2.05) is 0 Å². The van der Waals surface area contributed by atoms with E-state index in [0.29, 0.717) is 5.92 Å². The molecule has 0 nitrogen and oxygen atoms in total. The largest absolute Gasteiger partial charge is 0.0879 e. The summed E-state index contributed by atoms with van der Waals surface area (Å²) in [6, 6.07) is 8.48. The smallest absolute Gasteiger partial charge is 0.0213 e. The first-order chi connectivity index (χ1) is 5.88. The van der Waals surface area contributed by atoms with E-state index >= 15 is 0 Å². The second kappa shape index (κ2) is 3.44. The van der Waals surface area contributed by atoms with Gasteiger partial charge >= 0.3 is 0 Å². The quantitative estimate of drug-likeness (QED) is 0.633. The summed E-state index contributed by atoms with van der Waals surface area (Å²) in [4.78, 5) is 0. The van der Waals surface area contributed by atoms with Gasteiger partial charge in [-0.1, -0.05) is 46.3 Å². The normalized spacial score (nSPS) is 21.6. The molecule has 0 spiro atoms. The van der Waals surface area contributed by atoms with E-state index < -0.39 is 0 Å². The van der Waals surface area contributed by atoms with E-state index in [0.717, 1.165) is 0 Å². The fourth-order valence-corrected chi connectivity index (χ4v) is 2.25. The average Bonchev–Trinajstić information content (AvgIpc) is 2.57. The molecule has 1 aliphatic rings. The highest BCUT2D eigenvalue weighted by Gasteiger charge is 2.13. The van der Waals surface area contributed by atoms with Crippen LogP contribution in [0.4, 0.5) is 0 Å². The van der Waals surface area contributed by atoms with Gasteiger partial charge in [-0.2, -0.15) is 0 Å². The van der Waals surface area contributed by atoms with E-state index in [2.05, 4.69) is 52.3 Å². The monoisotopic (exact) mass is 222 g/mol. The van der Waals surface area contributed by atoms with Gasteiger partial charge in [-0.15, -0.1) is 0 Å². The van der Waals surface area contributed by atoms with Gasteiger partial charge in [0, 0.05) is 10.4 Å². The molecule has 0 saturated carbocycles. The molecular weight excluding hydrogens is 212 g/mol. The molecule has 1 aliphatic carbocycles. The molecule has 0 bridgehead atoms. The van der Waals surface area contributed by atoms with Crippen molar-refractivity contribution in [2.24, 2.45) is 0 Å². The number of halogens is 1. The van der Waals surface area contributed by atoms with Crippen molar-refractivity contribution in [3.8, 4) is 0 Å². The van der Waals surface area contributed by atoms with E-state index in [1.165, 1.54) is 22.9 Å². The minimum atomic E-state index is 0.639. The van der Waals surface area contributed by atoms with Gasteiger partial charge in [0.1, 0.15) is 0 Å². The molecule has 1 aromatic carbocycles. The highest BCUT2D eigenvalue weighted by molar-refractivity contribution is 9.10. The van der Waals surface area contributed by atoms with Gasteiger partial charge in [0.25, 0.3) is 0 Å². The van der Waals surface area contributed by atoms with Gasteiger partial charge < -0.3 is 0 Å². The zero-order valence-corrected chi connectivity index (χ0v) is 8.42. The molecule has 2 rings (SSSR count). The molecule has 1 heteroatoms. The number of allylic oxidation sites excluding steroid dienone is 2. The van der Waals surface area contributed by atoms with Crippen LogP contribution in [0, 0.1) is 0 Å². The maximum atomic E-state index is 3.57. The Labute approximate surface area is 81.4 Å². The van der Waals surface area contributed by atoms with Gasteiger partial charge in [-0.05, 0) is 24.5 Å². The van der Waals surface area contributed by atoms with Crippen LogP contribution in [0.25, 0.3) is 0 Å². The molecule has 12 heavy (non-hydrogen) atoms. The Morgan fingerprint density at radius 3 is 2.75 bits per heavy atom. The Bertz CT molecular complexity index is 302. The fourth-order valence-electron chi connectivity index (χ4n) is 1.67. The molecule has 1 atom stereocenters. The van der Waals surface area contributed by atoms with E-state index in [4.69, 9.17) is 0 Å². The first-order valence-corrected chi connectivity index (χ1v) is 5.08. The minimum absolute atomic E-state index is 0.639. The van der Waals surface area contributed by atoms with E-state index in [9.17, 15) is 0 Å². The first kappa shape index (κ1) is 8.06. The number of rotatable bonds is 1. The van der Waals surface area contributed by atoms with Crippen LogP contribution in [0.15, 0.2) is 40.9 Å². The molecule has 1 aromatic rings. The highest BCUT2D eigenvalue weighted by atomic mass is 79.9. The Kier molecular flexibility index (Phi) is 2.31. The predicted octanol–water partition coefficient (Wildman–Crippen LogP) is 3.88. The molecule has 62 valence electrons. The standard InChI is InChI=1S/C11H11Br/c12-11-8-4-3-7-10(11)9-5-1-2-6-9/h1,3-5,7-9H,2,6H2. The third-order valence-corrected chi connectivity index (χ3v) is 3.04. The maximum absolute atomic E-state index is 3.57. The minimum Gasteiger partial charge on any atom is -0.0879 e. The lowest BCUT2D eigenvalue weighted by Crippen LogP contribution is -1.91. The third-order valence-electron chi connectivity index (χ3n) is 2.32.